The van der Waals surface area contributed by atoms with E-state index in [-0.39, 0.29) is 4.90 Å². The molecule has 0 aromatic heterocycles. The average molecular weight is 363 g/mol. The SMILES string of the molecule is C=C(c1ccccc1)C(NS(=O)(=O)c1ccc(C)cc1)c1ccccc1. The first-order chi connectivity index (χ1) is 12.5. The first-order valence-electron chi connectivity index (χ1n) is 8.35. The van der Waals surface area contributed by atoms with Gasteiger partial charge < -0.3 is 0 Å². The van der Waals surface area contributed by atoms with Gasteiger partial charge in [-0.2, -0.15) is 4.72 Å². The molecule has 1 N–H and O–H groups in total. The van der Waals surface area contributed by atoms with Gasteiger partial charge in [-0.15, -0.1) is 0 Å². The minimum atomic E-state index is -3.69. The first kappa shape index (κ1) is 18.1. The van der Waals surface area contributed by atoms with Crippen LogP contribution in [-0.2, 0) is 10.0 Å². The molecule has 0 heterocycles. The van der Waals surface area contributed by atoms with Crippen LogP contribution in [-0.4, -0.2) is 8.42 Å². The van der Waals surface area contributed by atoms with Crippen molar-refractivity contribution in [3.8, 4) is 0 Å². The van der Waals surface area contributed by atoms with E-state index in [1.165, 1.54) is 0 Å². The molecule has 0 spiro atoms. The Bertz CT molecular complexity index is 979. The monoisotopic (exact) mass is 363 g/mol. The third-order valence-corrected chi connectivity index (χ3v) is 5.67. The van der Waals surface area contributed by atoms with Crippen LogP contribution in [0.2, 0.25) is 0 Å². The van der Waals surface area contributed by atoms with Crippen LogP contribution in [0.3, 0.4) is 0 Å². The van der Waals surface area contributed by atoms with Gasteiger partial charge >= 0.3 is 0 Å². The number of nitrogens with one attached hydrogen (secondary N) is 1. The molecule has 3 nitrogen and oxygen atoms in total. The van der Waals surface area contributed by atoms with Gasteiger partial charge in [-0.05, 0) is 35.8 Å². The molecule has 0 aliphatic rings. The van der Waals surface area contributed by atoms with E-state index in [2.05, 4.69) is 11.3 Å². The van der Waals surface area contributed by atoms with E-state index in [0.29, 0.717) is 5.57 Å². The molecule has 0 aliphatic carbocycles. The van der Waals surface area contributed by atoms with Crippen LogP contribution in [0, 0.1) is 6.92 Å². The van der Waals surface area contributed by atoms with Crippen molar-refractivity contribution < 1.29 is 8.42 Å². The Morgan fingerprint density at radius 3 is 1.96 bits per heavy atom. The zero-order valence-electron chi connectivity index (χ0n) is 14.6. The van der Waals surface area contributed by atoms with Crippen LogP contribution >= 0.6 is 0 Å². The molecular formula is C22H21NO2S. The van der Waals surface area contributed by atoms with E-state index in [4.69, 9.17) is 0 Å². The topological polar surface area (TPSA) is 46.2 Å². The van der Waals surface area contributed by atoms with Gasteiger partial charge in [0.15, 0.2) is 0 Å². The number of aryl methyl sites for hydroxylation is 1. The summed E-state index contributed by atoms with van der Waals surface area (Å²) in [6.45, 7) is 6.09. The molecule has 3 rings (SSSR count). The summed E-state index contributed by atoms with van der Waals surface area (Å²) in [5.74, 6) is 0. The van der Waals surface area contributed by atoms with Crippen molar-refractivity contribution in [1.82, 2.24) is 4.72 Å². The summed E-state index contributed by atoms with van der Waals surface area (Å²) in [5, 5.41) is 0. The number of benzene rings is 3. The molecule has 0 bridgehead atoms. The molecular weight excluding hydrogens is 342 g/mol. The van der Waals surface area contributed by atoms with Crippen molar-refractivity contribution in [2.45, 2.75) is 17.9 Å². The van der Waals surface area contributed by atoms with Crippen molar-refractivity contribution in [3.63, 3.8) is 0 Å². The van der Waals surface area contributed by atoms with Gasteiger partial charge in [-0.25, -0.2) is 8.42 Å². The Hall–Kier alpha value is -2.69. The fraction of sp³-hybridized carbons (Fsp3) is 0.0909. The van der Waals surface area contributed by atoms with Gasteiger partial charge in [-0.1, -0.05) is 84.9 Å². The molecule has 0 saturated carbocycles. The lowest BCUT2D eigenvalue weighted by Crippen LogP contribution is -2.29. The Balaban J connectivity index is 1.99. The van der Waals surface area contributed by atoms with Crippen molar-refractivity contribution in [3.05, 3.63) is 108 Å². The Morgan fingerprint density at radius 1 is 0.846 bits per heavy atom. The first-order valence-corrected chi connectivity index (χ1v) is 9.84. The standard InChI is InChI=1S/C22H21NO2S/c1-17-13-15-21(16-14-17)26(24,25)23-22(20-11-7-4-8-12-20)18(2)19-9-5-3-6-10-19/h3-16,22-23H,2H2,1H3. The molecule has 4 heteroatoms. The highest BCUT2D eigenvalue weighted by atomic mass is 32.2. The van der Waals surface area contributed by atoms with E-state index in [0.717, 1.165) is 16.7 Å². The molecule has 1 unspecified atom stereocenters. The molecule has 3 aromatic carbocycles. The summed E-state index contributed by atoms with van der Waals surface area (Å²) in [7, 11) is -3.69. The van der Waals surface area contributed by atoms with Crippen LogP contribution in [0.5, 0.6) is 0 Å². The summed E-state index contributed by atoms with van der Waals surface area (Å²) < 4.78 is 28.6. The minimum absolute atomic E-state index is 0.241. The van der Waals surface area contributed by atoms with Gasteiger partial charge in [0.05, 0.1) is 10.9 Å². The highest BCUT2D eigenvalue weighted by Gasteiger charge is 2.24. The quantitative estimate of drug-likeness (QED) is 0.688. The van der Waals surface area contributed by atoms with Crippen LogP contribution in [0.25, 0.3) is 5.57 Å². The average Bonchev–Trinajstić information content (AvgIpc) is 2.67. The number of hydrogen-bond acceptors (Lipinski definition) is 2. The van der Waals surface area contributed by atoms with Gasteiger partial charge in [-0.3, -0.25) is 0 Å². The Morgan fingerprint density at radius 2 is 1.38 bits per heavy atom. The maximum absolute atomic E-state index is 12.9. The second-order valence-corrected chi connectivity index (χ2v) is 7.88. The van der Waals surface area contributed by atoms with Crippen LogP contribution in [0.1, 0.15) is 22.7 Å². The molecule has 0 saturated heterocycles. The number of sulfonamides is 1. The molecule has 0 amide bonds. The zero-order chi connectivity index (χ0) is 18.6. The number of rotatable bonds is 6. The van der Waals surface area contributed by atoms with Gasteiger partial charge in [0.25, 0.3) is 0 Å². The molecule has 1 atom stereocenters. The predicted molar refractivity (Wildman–Crippen MR) is 106 cm³/mol. The summed E-state index contributed by atoms with van der Waals surface area (Å²) in [5.41, 5.74) is 3.45. The lowest BCUT2D eigenvalue weighted by Gasteiger charge is -2.22. The van der Waals surface area contributed by atoms with E-state index < -0.39 is 16.1 Å². The van der Waals surface area contributed by atoms with Gasteiger partial charge in [0, 0.05) is 0 Å². The largest absolute Gasteiger partial charge is 0.241 e. The second kappa shape index (κ2) is 7.68. The Kier molecular flexibility index (Phi) is 5.35. The predicted octanol–water partition coefficient (Wildman–Crippen LogP) is 4.73. The molecule has 0 aliphatic heterocycles. The lowest BCUT2D eigenvalue weighted by atomic mass is 9.95. The normalized spacial score (nSPS) is 12.5. The van der Waals surface area contributed by atoms with E-state index in [1.54, 1.807) is 24.3 Å². The molecule has 26 heavy (non-hydrogen) atoms. The molecule has 0 radical (unpaired) electrons. The summed E-state index contributed by atoms with van der Waals surface area (Å²) in [6.07, 6.45) is 0. The smallest absolute Gasteiger partial charge is 0.207 e. The van der Waals surface area contributed by atoms with E-state index in [9.17, 15) is 8.42 Å². The van der Waals surface area contributed by atoms with Crippen molar-refractivity contribution in [2.75, 3.05) is 0 Å². The lowest BCUT2D eigenvalue weighted by molar-refractivity contribution is 0.576. The zero-order valence-corrected chi connectivity index (χ0v) is 15.4. The molecule has 0 fully saturated rings. The van der Waals surface area contributed by atoms with E-state index >= 15 is 0 Å². The molecule has 132 valence electrons. The van der Waals surface area contributed by atoms with Crippen molar-refractivity contribution >= 4 is 15.6 Å². The van der Waals surface area contributed by atoms with E-state index in [1.807, 2.05) is 67.6 Å². The van der Waals surface area contributed by atoms with Gasteiger partial charge in [0.2, 0.25) is 10.0 Å². The van der Waals surface area contributed by atoms with Crippen LogP contribution in [0.4, 0.5) is 0 Å². The maximum atomic E-state index is 12.9. The Labute approximate surface area is 155 Å². The summed E-state index contributed by atoms with van der Waals surface area (Å²) in [4.78, 5) is 0.241. The maximum Gasteiger partial charge on any atom is 0.241 e. The third-order valence-electron chi connectivity index (χ3n) is 4.23. The number of hydrogen-bond donors (Lipinski definition) is 1. The van der Waals surface area contributed by atoms with Crippen molar-refractivity contribution in [2.24, 2.45) is 0 Å². The highest BCUT2D eigenvalue weighted by molar-refractivity contribution is 7.89. The van der Waals surface area contributed by atoms with Crippen LogP contribution < -0.4 is 4.72 Å². The fourth-order valence-electron chi connectivity index (χ4n) is 2.75. The highest BCUT2D eigenvalue weighted by Crippen LogP contribution is 2.30. The van der Waals surface area contributed by atoms with Crippen molar-refractivity contribution in [1.29, 1.82) is 0 Å². The third kappa shape index (κ3) is 4.10. The summed E-state index contributed by atoms with van der Waals surface area (Å²) in [6, 6.07) is 25.3. The van der Waals surface area contributed by atoms with Crippen LogP contribution in [0.15, 0.2) is 96.4 Å². The van der Waals surface area contributed by atoms with Gasteiger partial charge in [0.1, 0.15) is 0 Å². The second-order valence-electron chi connectivity index (χ2n) is 6.17. The molecule has 3 aromatic rings. The summed E-state index contributed by atoms with van der Waals surface area (Å²) >= 11 is 0. The fourth-order valence-corrected chi connectivity index (χ4v) is 3.96. The minimum Gasteiger partial charge on any atom is -0.207 e.